The lowest BCUT2D eigenvalue weighted by molar-refractivity contribution is -0.650. The normalized spacial score (nSPS) is 10.1. The van der Waals surface area contributed by atoms with E-state index in [9.17, 15) is 0 Å². The van der Waals surface area contributed by atoms with Crippen LogP contribution in [0.5, 0.6) is 6.01 Å². The molecule has 0 unspecified atom stereocenters. The van der Waals surface area contributed by atoms with E-state index in [0.29, 0.717) is 17.3 Å². The number of methoxy groups -OCH3 is 1. The maximum absolute atomic E-state index is 5.71. The van der Waals surface area contributed by atoms with Gasteiger partial charge in [-0.15, -0.1) is 0 Å². The van der Waals surface area contributed by atoms with Gasteiger partial charge in [-0.25, -0.2) is 9.13 Å². The number of ether oxygens (including phenoxy) is 1. The monoisotopic (exact) mass is 321 g/mol. The molecule has 2 N–H and O–H groups in total. The Morgan fingerprint density at radius 3 is 2.73 bits per heavy atom. The van der Waals surface area contributed by atoms with E-state index < -0.39 is 0 Å². The summed E-state index contributed by atoms with van der Waals surface area (Å²) in [6.07, 6.45) is 1.65. The molecule has 15 heavy (non-hydrogen) atoms. The lowest BCUT2D eigenvalue weighted by Gasteiger charge is -1.96. The zero-order chi connectivity index (χ0) is 10.3. The Balaban J connectivity index is 0.00000112. The molecule has 0 spiro atoms. The number of halogens is 1. The zero-order valence-corrected chi connectivity index (χ0v) is 10.9. The largest absolute Gasteiger partial charge is 1.00 e. The summed E-state index contributed by atoms with van der Waals surface area (Å²) >= 11 is 0. The first-order valence-electron chi connectivity index (χ1n) is 4.15. The summed E-state index contributed by atoms with van der Waals surface area (Å²) in [5.41, 5.74) is 7.25. The smallest absolute Gasteiger partial charge is 0.360 e. The Morgan fingerprint density at radius 2 is 2.20 bits per heavy atom. The summed E-state index contributed by atoms with van der Waals surface area (Å²) in [6, 6.07) is 0.523. The summed E-state index contributed by atoms with van der Waals surface area (Å²) in [5.74, 6) is 0.414. The molecule has 0 aliphatic heterocycles. The van der Waals surface area contributed by atoms with Crippen molar-refractivity contribution in [1.82, 2.24) is 14.5 Å². The summed E-state index contributed by atoms with van der Waals surface area (Å²) < 4.78 is 8.77. The SMILES string of the molecule is COc1nc2c(N)nc[n+](C)c2n1C.[I-]. The molecule has 0 aromatic carbocycles. The van der Waals surface area contributed by atoms with Gasteiger partial charge in [0.05, 0.1) is 21.2 Å². The molecule has 0 radical (unpaired) electrons. The van der Waals surface area contributed by atoms with E-state index in [1.807, 2.05) is 23.2 Å². The predicted octanol–water partition coefficient (Wildman–Crippen LogP) is -3.61. The fraction of sp³-hybridized carbons (Fsp3) is 0.375. The first-order valence-corrected chi connectivity index (χ1v) is 4.15. The van der Waals surface area contributed by atoms with Gasteiger partial charge in [0.1, 0.15) is 0 Å². The molecule has 0 bridgehead atoms. The summed E-state index contributed by atoms with van der Waals surface area (Å²) in [5, 5.41) is 0. The van der Waals surface area contributed by atoms with Gasteiger partial charge < -0.3 is 34.4 Å². The van der Waals surface area contributed by atoms with Crippen LogP contribution in [0, 0.1) is 0 Å². The van der Waals surface area contributed by atoms with E-state index in [-0.39, 0.29) is 24.0 Å². The minimum Gasteiger partial charge on any atom is -1.00 e. The number of nitrogens with zero attached hydrogens (tertiary/aromatic N) is 4. The Morgan fingerprint density at radius 1 is 1.53 bits per heavy atom. The molecule has 82 valence electrons. The molecule has 2 aromatic rings. The molecule has 6 nitrogen and oxygen atoms in total. The molecule has 0 saturated carbocycles. The number of imidazole rings is 1. The topological polar surface area (TPSA) is 69.8 Å². The number of nitrogens with two attached hydrogens (primary N) is 1. The number of rotatable bonds is 1. The molecule has 0 atom stereocenters. The fourth-order valence-corrected chi connectivity index (χ4v) is 1.49. The van der Waals surface area contributed by atoms with Gasteiger partial charge in [-0.1, -0.05) is 4.98 Å². The van der Waals surface area contributed by atoms with Crippen LogP contribution in [0.2, 0.25) is 0 Å². The van der Waals surface area contributed by atoms with Gasteiger partial charge in [0.2, 0.25) is 17.7 Å². The van der Waals surface area contributed by atoms with Crippen LogP contribution in [-0.4, -0.2) is 21.6 Å². The van der Waals surface area contributed by atoms with Crippen LogP contribution in [0.25, 0.3) is 11.2 Å². The van der Waals surface area contributed by atoms with Crippen LogP contribution < -0.4 is 39.0 Å². The molecule has 2 heterocycles. The van der Waals surface area contributed by atoms with Crippen molar-refractivity contribution in [3.63, 3.8) is 0 Å². The maximum atomic E-state index is 5.71. The third kappa shape index (κ3) is 1.71. The number of aromatic nitrogens is 4. The quantitative estimate of drug-likeness (QED) is 0.435. The minimum absolute atomic E-state index is 0. The van der Waals surface area contributed by atoms with Crippen LogP contribution in [-0.2, 0) is 14.1 Å². The molecule has 0 aliphatic carbocycles. The molecule has 0 aliphatic rings. The van der Waals surface area contributed by atoms with Gasteiger partial charge in [0.15, 0.2) is 0 Å². The van der Waals surface area contributed by atoms with Crippen molar-refractivity contribution in [3.8, 4) is 6.01 Å². The number of hydrogen-bond donors (Lipinski definition) is 1. The molecular weight excluding hydrogens is 309 g/mol. The molecule has 0 amide bonds. The van der Waals surface area contributed by atoms with Crippen molar-refractivity contribution in [2.24, 2.45) is 14.1 Å². The predicted molar refractivity (Wildman–Crippen MR) is 50.6 cm³/mol. The highest BCUT2D eigenvalue weighted by atomic mass is 127. The number of aryl methyl sites for hydroxylation is 2. The third-order valence-electron chi connectivity index (χ3n) is 2.15. The minimum atomic E-state index is 0. The second kappa shape index (κ2) is 4.17. The van der Waals surface area contributed by atoms with E-state index >= 15 is 0 Å². The van der Waals surface area contributed by atoms with E-state index in [1.165, 1.54) is 0 Å². The Kier molecular flexibility index (Phi) is 3.32. The lowest BCUT2D eigenvalue weighted by Crippen LogP contribution is -3.00. The molecule has 2 rings (SSSR count). The molecule has 7 heteroatoms. The van der Waals surface area contributed by atoms with Crippen molar-refractivity contribution in [1.29, 1.82) is 0 Å². The van der Waals surface area contributed by atoms with Gasteiger partial charge in [0, 0.05) is 0 Å². The van der Waals surface area contributed by atoms with Crippen molar-refractivity contribution in [2.75, 3.05) is 12.8 Å². The van der Waals surface area contributed by atoms with Crippen LogP contribution >= 0.6 is 0 Å². The molecule has 0 fully saturated rings. The summed E-state index contributed by atoms with van der Waals surface area (Å²) in [7, 11) is 5.33. The average Bonchev–Trinajstić information content (AvgIpc) is 2.51. The number of nitrogen functional groups attached to an aromatic ring is 1. The lowest BCUT2D eigenvalue weighted by atomic mass is 10.5. The summed E-state index contributed by atoms with van der Waals surface area (Å²) in [4.78, 5) is 8.23. The average molecular weight is 321 g/mol. The zero-order valence-electron chi connectivity index (χ0n) is 8.73. The molecule has 2 aromatic heterocycles. The van der Waals surface area contributed by atoms with Gasteiger partial charge in [-0.05, 0) is 0 Å². The van der Waals surface area contributed by atoms with Crippen LogP contribution in [0.4, 0.5) is 5.82 Å². The number of anilines is 1. The van der Waals surface area contributed by atoms with Crippen LogP contribution in [0.15, 0.2) is 6.33 Å². The van der Waals surface area contributed by atoms with Crippen molar-refractivity contribution in [2.45, 2.75) is 0 Å². The van der Waals surface area contributed by atoms with E-state index in [2.05, 4.69) is 9.97 Å². The Labute approximate surface area is 104 Å². The second-order valence-electron chi connectivity index (χ2n) is 3.07. The summed E-state index contributed by atoms with van der Waals surface area (Å²) in [6.45, 7) is 0. The molecular formula is C8H12IN5O. The Hall–Kier alpha value is -1.12. The highest BCUT2D eigenvalue weighted by molar-refractivity contribution is 5.80. The fourth-order valence-electron chi connectivity index (χ4n) is 1.49. The van der Waals surface area contributed by atoms with Crippen LogP contribution in [0.3, 0.4) is 0 Å². The van der Waals surface area contributed by atoms with Crippen molar-refractivity contribution < 1.29 is 33.3 Å². The van der Waals surface area contributed by atoms with E-state index in [4.69, 9.17) is 10.5 Å². The van der Waals surface area contributed by atoms with E-state index in [1.54, 1.807) is 13.4 Å². The van der Waals surface area contributed by atoms with Gasteiger partial charge in [-0.3, -0.25) is 0 Å². The maximum Gasteiger partial charge on any atom is 0.360 e. The van der Waals surface area contributed by atoms with Gasteiger partial charge in [0.25, 0.3) is 5.65 Å². The van der Waals surface area contributed by atoms with Gasteiger partial charge in [-0.2, -0.15) is 4.98 Å². The second-order valence-corrected chi connectivity index (χ2v) is 3.07. The molecule has 0 saturated heterocycles. The van der Waals surface area contributed by atoms with Gasteiger partial charge >= 0.3 is 6.01 Å². The van der Waals surface area contributed by atoms with E-state index in [0.717, 1.165) is 5.65 Å². The third-order valence-corrected chi connectivity index (χ3v) is 2.15. The van der Waals surface area contributed by atoms with Crippen LogP contribution in [0.1, 0.15) is 0 Å². The number of hydrogen-bond acceptors (Lipinski definition) is 4. The number of fused-ring (bicyclic) bond motifs is 1. The highest BCUT2D eigenvalue weighted by Crippen LogP contribution is 2.19. The first-order chi connectivity index (χ1) is 6.65. The van der Waals surface area contributed by atoms with Crippen molar-refractivity contribution in [3.05, 3.63) is 6.33 Å². The first kappa shape index (κ1) is 12.0. The van der Waals surface area contributed by atoms with Crippen molar-refractivity contribution >= 4 is 17.0 Å². The Bertz CT molecular complexity index is 495. The highest BCUT2D eigenvalue weighted by Gasteiger charge is 2.19. The standard InChI is InChI=1S/C8H11N5O.HI/c1-12-4-10-6(9)5-7(12)13(2)8(11-5)14-3;/h4,9H,1-3H3;1H.